The molecule has 0 N–H and O–H groups in total. The fraction of sp³-hybridized carbons (Fsp3) is 1.00. The summed E-state index contributed by atoms with van der Waals surface area (Å²) in [5.74, 6) is 0.714. The average Bonchev–Trinajstić information content (AvgIpc) is 3.45. The Morgan fingerprint density at radius 3 is 1.75 bits per heavy atom. The van der Waals surface area contributed by atoms with Gasteiger partial charge in [-0.05, 0) is 41.8 Å². The van der Waals surface area contributed by atoms with Gasteiger partial charge in [-0.15, -0.1) is 0 Å². The van der Waals surface area contributed by atoms with Crippen molar-refractivity contribution in [3.63, 3.8) is 0 Å². The lowest BCUT2D eigenvalue weighted by Gasteiger charge is -2.50. The summed E-state index contributed by atoms with van der Waals surface area (Å²) in [6, 6.07) is 0. The van der Waals surface area contributed by atoms with Gasteiger partial charge in [-0.25, -0.2) is 10.0 Å². The molecule has 0 radical (unpaired) electrons. The second-order valence-corrected chi connectivity index (χ2v) is 16.6. The van der Waals surface area contributed by atoms with Crippen molar-refractivity contribution in [3.05, 3.63) is 0 Å². The van der Waals surface area contributed by atoms with Crippen LogP contribution in [0.3, 0.4) is 0 Å². The highest BCUT2D eigenvalue weighted by Gasteiger charge is 2.60. The Balaban J connectivity index is 1.72. The van der Waals surface area contributed by atoms with Gasteiger partial charge in [0.1, 0.15) is 0 Å². The molecule has 3 fully saturated rings. The van der Waals surface area contributed by atoms with Crippen molar-refractivity contribution in [2.24, 2.45) is 5.92 Å². The lowest BCUT2D eigenvalue weighted by atomic mass is 10.1. The van der Waals surface area contributed by atoms with E-state index in [-0.39, 0.29) is 5.54 Å². The van der Waals surface area contributed by atoms with Gasteiger partial charge >= 0.3 is 0 Å². The van der Waals surface area contributed by atoms with Gasteiger partial charge in [0.15, 0.2) is 8.32 Å². The molecule has 32 heavy (non-hydrogen) atoms. The second-order valence-electron chi connectivity index (χ2n) is 11.1. The van der Waals surface area contributed by atoms with E-state index in [2.05, 4.69) is 63.6 Å². The van der Waals surface area contributed by atoms with Crippen molar-refractivity contribution in [1.82, 2.24) is 15.1 Å². The first-order valence-corrected chi connectivity index (χ1v) is 15.5. The normalized spacial score (nSPS) is 28.4. The van der Waals surface area contributed by atoms with E-state index in [1.165, 1.54) is 25.7 Å². The van der Waals surface area contributed by atoms with Crippen LogP contribution in [0.2, 0.25) is 16.6 Å². The highest BCUT2D eigenvalue weighted by molar-refractivity contribution is 6.77. The van der Waals surface area contributed by atoms with E-state index in [0.29, 0.717) is 22.5 Å². The molecule has 2 aliphatic heterocycles. The van der Waals surface area contributed by atoms with Crippen molar-refractivity contribution in [2.45, 2.75) is 96.3 Å². The number of hydrogen-bond acceptors (Lipinski definition) is 6. The minimum Gasteiger partial charge on any atom is -0.416 e. The molecule has 2 atom stereocenters. The smallest absolute Gasteiger partial charge is 0.200 e. The number of hydrazine groups is 2. The van der Waals surface area contributed by atoms with Gasteiger partial charge in [0.05, 0.1) is 32.0 Å². The fourth-order valence-corrected chi connectivity index (χ4v) is 12.4. The first kappa shape index (κ1) is 26.6. The summed E-state index contributed by atoms with van der Waals surface area (Å²) in [7, 11) is -1.79. The first-order valence-electron chi connectivity index (χ1n) is 13.4. The van der Waals surface area contributed by atoms with Crippen molar-refractivity contribution in [3.8, 4) is 0 Å². The molecule has 7 heteroatoms. The van der Waals surface area contributed by atoms with Crippen molar-refractivity contribution < 1.29 is 13.9 Å². The standard InChI is InChI=1S/C25H51N3O3Si/c1-8-10-25(28(26-11-16-29-17-12-26)27-13-18-30-19-14-27)20-24(25)9-15-31-32(21(2)3,22(4)5)23(6)7/h21-24H,8-20H2,1-7H3/t24?,25-/m0/s1. The van der Waals surface area contributed by atoms with Gasteiger partial charge in [0.25, 0.3) is 0 Å². The lowest BCUT2D eigenvalue weighted by Crippen LogP contribution is -2.64. The van der Waals surface area contributed by atoms with Crippen LogP contribution in [0.1, 0.15) is 74.1 Å². The molecule has 0 aromatic carbocycles. The van der Waals surface area contributed by atoms with Gasteiger partial charge in [0.2, 0.25) is 0 Å². The quantitative estimate of drug-likeness (QED) is 0.378. The largest absolute Gasteiger partial charge is 0.416 e. The van der Waals surface area contributed by atoms with E-state index in [0.717, 1.165) is 59.2 Å². The molecule has 0 aromatic heterocycles. The van der Waals surface area contributed by atoms with Crippen LogP contribution in [0.15, 0.2) is 0 Å². The van der Waals surface area contributed by atoms with Crippen LogP contribution in [0, 0.1) is 5.92 Å². The van der Waals surface area contributed by atoms with E-state index in [4.69, 9.17) is 13.9 Å². The summed E-state index contributed by atoms with van der Waals surface area (Å²) in [5, 5.41) is 7.87. The third-order valence-corrected chi connectivity index (χ3v) is 14.4. The van der Waals surface area contributed by atoms with Gasteiger partial charge in [0, 0.05) is 32.8 Å². The molecule has 1 aliphatic carbocycles. The van der Waals surface area contributed by atoms with Gasteiger partial charge in [-0.2, -0.15) is 5.12 Å². The third kappa shape index (κ3) is 5.45. The van der Waals surface area contributed by atoms with Crippen LogP contribution in [-0.2, 0) is 13.9 Å². The summed E-state index contributed by atoms with van der Waals surface area (Å²) < 4.78 is 18.4. The molecule has 1 saturated carbocycles. The summed E-state index contributed by atoms with van der Waals surface area (Å²) in [6.45, 7) is 25.0. The molecule has 1 unspecified atom stereocenters. The van der Waals surface area contributed by atoms with Crippen LogP contribution in [-0.4, -0.2) is 88.2 Å². The number of morpholine rings is 2. The van der Waals surface area contributed by atoms with E-state index in [1.54, 1.807) is 0 Å². The van der Waals surface area contributed by atoms with Gasteiger partial charge in [-0.3, -0.25) is 0 Å². The molecule has 0 spiro atoms. The van der Waals surface area contributed by atoms with E-state index in [9.17, 15) is 0 Å². The molecule has 188 valence electrons. The molecular weight excluding hydrogens is 418 g/mol. The first-order chi connectivity index (χ1) is 15.3. The minimum absolute atomic E-state index is 0.254. The zero-order valence-corrected chi connectivity index (χ0v) is 23.1. The number of ether oxygens (including phenoxy) is 2. The van der Waals surface area contributed by atoms with Gasteiger partial charge in [-0.1, -0.05) is 54.9 Å². The summed E-state index contributed by atoms with van der Waals surface area (Å²) in [5.41, 5.74) is 2.21. The van der Waals surface area contributed by atoms with Gasteiger partial charge < -0.3 is 13.9 Å². The molecular formula is C25H51N3O3Si. The molecule has 2 heterocycles. The fourth-order valence-electron chi connectivity index (χ4n) is 6.93. The minimum atomic E-state index is -1.79. The maximum atomic E-state index is 6.96. The third-order valence-electron chi connectivity index (χ3n) is 8.32. The Morgan fingerprint density at radius 2 is 1.34 bits per heavy atom. The number of hydrogen-bond donors (Lipinski definition) is 0. The maximum Gasteiger partial charge on any atom is 0.200 e. The Hall–Kier alpha value is -0.0231. The number of rotatable bonds is 12. The number of nitrogens with zero attached hydrogens (tertiary/aromatic N) is 3. The lowest BCUT2D eigenvalue weighted by molar-refractivity contribution is -0.260. The highest BCUT2D eigenvalue weighted by Crippen LogP contribution is 2.55. The highest BCUT2D eigenvalue weighted by atomic mass is 28.4. The Labute approximate surface area is 199 Å². The van der Waals surface area contributed by atoms with Crippen LogP contribution in [0.25, 0.3) is 0 Å². The van der Waals surface area contributed by atoms with Crippen molar-refractivity contribution in [2.75, 3.05) is 59.2 Å². The predicted molar refractivity (Wildman–Crippen MR) is 134 cm³/mol. The molecule has 3 rings (SSSR count). The molecule has 2 saturated heterocycles. The molecule has 6 nitrogen and oxygen atoms in total. The van der Waals surface area contributed by atoms with E-state index in [1.807, 2.05) is 0 Å². The summed E-state index contributed by atoms with van der Waals surface area (Å²) in [6.07, 6.45) is 4.96. The zero-order chi connectivity index (χ0) is 23.4. The Kier molecular flexibility index (Phi) is 9.64. The van der Waals surface area contributed by atoms with Crippen LogP contribution in [0.5, 0.6) is 0 Å². The monoisotopic (exact) mass is 469 g/mol. The molecule has 0 bridgehead atoms. The van der Waals surface area contributed by atoms with E-state index >= 15 is 0 Å². The predicted octanol–water partition coefficient (Wildman–Crippen LogP) is 4.92. The van der Waals surface area contributed by atoms with Crippen molar-refractivity contribution in [1.29, 1.82) is 0 Å². The SMILES string of the molecule is CCC[C@]1(N(N2CCOCC2)N2CCOCC2)CC1CCO[Si](C(C)C)(C(C)C)C(C)C. The van der Waals surface area contributed by atoms with Crippen molar-refractivity contribution >= 4 is 8.32 Å². The Bertz CT molecular complexity index is 525. The summed E-state index contributed by atoms with van der Waals surface area (Å²) in [4.78, 5) is 0. The zero-order valence-electron chi connectivity index (χ0n) is 22.1. The average molecular weight is 470 g/mol. The van der Waals surface area contributed by atoms with Crippen LogP contribution >= 0.6 is 0 Å². The summed E-state index contributed by atoms with van der Waals surface area (Å²) >= 11 is 0. The Morgan fingerprint density at radius 1 is 0.875 bits per heavy atom. The molecule has 3 aliphatic rings. The maximum absolute atomic E-state index is 6.96. The topological polar surface area (TPSA) is 37.4 Å². The van der Waals surface area contributed by atoms with Crippen LogP contribution in [0.4, 0.5) is 0 Å². The second kappa shape index (κ2) is 11.6. The van der Waals surface area contributed by atoms with Crippen LogP contribution < -0.4 is 0 Å². The molecule has 0 amide bonds. The van der Waals surface area contributed by atoms with E-state index < -0.39 is 8.32 Å². The molecule has 0 aromatic rings.